The lowest BCUT2D eigenvalue weighted by Gasteiger charge is -2.25. The molecule has 3 rings (SSSR count). The molecule has 5 heteroatoms. The van der Waals surface area contributed by atoms with Crippen LogP contribution in [0.2, 0.25) is 0 Å². The Hall–Kier alpha value is -1.43. The van der Waals surface area contributed by atoms with E-state index in [0.29, 0.717) is 19.1 Å². The van der Waals surface area contributed by atoms with Gasteiger partial charge in [0.05, 0.1) is 12.0 Å². The van der Waals surface area contributed by atoms with Gasteiger partial charge in [0, 0.05) is 45.8 Å². The van der Waals surface area contributed by atoms with Crippen molar-refractivity contribution in [3.05, 3.63) is 35.4 Å². The molecule has 1 saturated carbocycles. The summed E-state index contributed by atoms with van der Waals surface area (Å²) >= 11 is 0. The lowest BCUT2D eigenvalue weighted by atomic mass is 9.93. The number of rotatable bonds is 8. The second-order valence-corrected chi connectivity index (χ2v) is 8.12. The Kier molecular flexibility index (Phi) is 6.00. The van der Waals surface area contributed by atoms with E-state index in [1.807, 2.05) is 4.90 Å². The Labute approximate surface area is 156 Å². The van der Waals surface area contributed by atoms with Gasteiger partial charge in [-0.25, -0.2) is 0 Å². The van der Waals surface area contributed by atoms with Crippen molar-refractivity contribution in [2.75, 3.05) is 53.6 Å². The van der Waals surface area contributed by atoms with Crippen LogP contribution in [0.1, 0.15) is 24.0 Å². The van der Waals surface area contributed by atoms with Gasteiger partial charge >= 0.3 is 0 Å². The molecule has 26 heavy (non-hydrogen) atoms. The second kappa shape index (κ2) is 8.07. The SMILES string of the molecule is COCCN(C)C[C@@H]1CN(C(=O)C2(c3ccc(C)cc3)CC2)C[C@@H]1CO. The van der Waals surface area contributed by atoms with Crippen molar-refractivity contribution in [1.82, 2.24) is 9.80 Å². The number of likely N-dealkylation sites (tertiary alicyclic amines) is 1. The average molecular weight is 360 g/mol. The number of nitrogens with zero attached hydrogens (tertiary/aromatic N) is 2. The first kappa shape index (κ1) is 19.3. The van der Waals surface area contributed by atoms with Crippen LogP contribution in [0.4, 0.5) is 0 Å². The number of benzene rings is 1. The summed E-state index contributed by atoms with van der Waals surface area (Å²) in [5, 5.41) is 9.81. The minimum Gasteiger partial charge on any atom is -0.396 e. The maximum absolute atomic E-state index is 13.3. The fraction of sp³-hybridized carbons (Fsp3) is 0.667. The molecule has 1 aromatic carbocycles. The van der Waals surface area contributed by atoms with Gasteiger partial charge in [0.15, 0.2) is 0 Å². The Morgan fingerprint density at radius 2 is 1.92 bits per heavy atom. The molecule has 1 saturated heterocycles. The second-order valence-electron chi connectivity index (χ2n) is 8.12. The fourth-order valence-electron chi connectivity index (χ4n) is 4.18. The topological polar surface area (TPSA) is 53.0 Å². The number of methoxy groups -OCH3 is 1. The quantitative estimate of drug-likeness (QED) is 0.766. The highest BCUT2D eigenvalue weighted by Gasteiger charge is 2.54. The Morgan fingerprint density at radius 3 is 2.50 bits per heavy atom. The molecule has 1 N–H and O–H groups in total. The number of likely N-dealkylation sites (N-methyl/N-ethyl adjacent to an activating group) is 1. The zero-order chi connectivity index (χ0) is 18.7. The van der Waals surface area contributed by atoms with Crippen LogP contribution in [-0.2, 0) is 14.9 Å². The molecular weight excluding hydrogens is 328 g/mol. The number of hydrogen-bond donors (Lipinski definition) is 1. The van der Waals surface area contributed by atoms with Gasteiger partial charge in [-0.3, -0.25) is 4.79 Å². The van der Waals surface area contributed by atoms with E-state index >= 15 is 0 Å². The number of hydrogen-bond acceptors (Lipinski definition) is 4. The van der Waals surface area contributed by atoms with Crippen molar-refractivity contribution in [3.8, 4) is 0 Å². The lowest BCUT2D eigenvalue weighted by Crippen LogP contribution is -2.38. The highest BCUT2D eigenvalue weighted by molar-refractivity contribution is 5.91. The first-order valence-electron chi connectivity index (χ1n) is 9.65. The molecule has 1 aliphatic heterocycles. The molecule has 2 aliphatic rings. The van der Waals surface area contributed by atoms with Crippen LogP contribution in [0.5, 0.6) is 0 Å². The van der Waals surface area contributed by atoms with E-state index in [0.717, 1.165) is 38.0 Å². The molecule has 0 unspecified atom stereocenters. The van der Waals surface area contributed by atoms with Crippen molar-refractivity contribution < 1.29 is 14.6 Å². The number of amides is 1. The summed E-state index contributed by atoms with van der Waals surface area (Å²) in [5.41, 5.74) is 2.05. The van der Waals surface area contributed by atoms with Crippen molar-refractivity contribution in [2.45, 2.75) is 25.2 Å². The number of aliphatic hydroxyl groups is 1. The van der Waals surface area contributed by atoms with E-state index < -0.39 is 0 Å². The van der Waals surface area contributed by atoms with E-state index in [9.17, 15) is 9.90 Å². The first-order chi connectivity index (χ1) is 12.5. The smallest absolute Gasteiger partial charge is 0.233 e. The lowest BCUT2D eigenvalue weighted by molar-refractivity contribution is -0.133. The third-order valence-corrected chi connectivity index (χ3v) is 6.09. The Morgan fingerprint density at radius 1 is 1.27 bits per heavy atom. The van der Waals surface area contributed by atoms with Crippen molar-refractivity contribution >= 4 is 5.91 Å². The van der Waals surface area contributed by atoms with Crippen molar-refractivity contribution in [2.24, 2.45) is 11.8 Å². The van der Waals surface area contributed by atoms with Crippen LogP contribution >= 0.6 is 0 Å². The van der Waals surface area contributed by atoms with Crippen LogP contribution in [0.3, 0.4) is 0 Å². The summed E-state index contributed by atoms with van der Waals surface area (Å²) in [6.07, 6.45) is 1.88. The van der Waals surface area contributed by atoms with Gasteiger partial charge in [0.25, 0.3) is 0 Å². The van der Waals surface area contributed by atoms with Gasteiger partial charge in [0.2, 0.25) is 5.91 Å². The molecular formula is C21H32N2O3. The molecule has 5 nitrogen and oxygen atoms in total. The maximum Gasteiger partial charge on any atom is 0.233 e. The zero-order valence-electron chi connectivity index (χ0n) is 16.3. The molecule has 0 spiro atoms. The first-order valence-corrected chi connectivity index (χ1v) is 9.65. The summed E-state index contributed by atoms with van der Waals surface area (Å²) < 4.78 is 5.14. The van der Waals surface area contributed by atoms with E-state index in [-0.39, 0.29) is 23.8 Å². The van der Waals surface area contributed by atoms with E-state index in [2.05, 4.69) is 43.1 Å². The molecule has 0 aromatic heterocycles. The Bertz CT molecular complexity index is 612. The number of carbonyl (C=O) groups is 1. The van der Waals surface area contributed by atoms with E-state index in [4.69, 9.17) is 4.74 Å². The minimum absolute atomic E-state index is 0.143. The van der Waals surface area contributed by atoms with Crippen LogP contribution < -0.4 is 0 Å². The predicted molar refractivity (Wildman–Crippen MR) is 102 cm³/mol. The molecule has 2 fully saturated rings. The third-order valence-electron chi connectivity index (χ3n) is 6.09. The monoisotopic (exact) mass is 360 g/mol. The van der Waals surface area contributed by atoms with Crippen LogP contribution in [-0.4, -0.2) is 74.4 Å². The van der Waals surface area contributed by atoms with Crippen molar-refractivity contribution in [1.29, 1.82) is 0 Å². The highest BCUT2D eigenvalue weighted by atomic mass is 16.5. The number of carbonyl (C=O) groups excluding carboxylic acids is 1. The molecule has 144 valence electrons. The molecule has 0 radical (unpaired) electrons. The minimum atomic E-state index is -0.315. The standard InChI is InChI=1S/C21H32N2O3/c1-16-4-6-19(7-5-16)21(8-9-21)20(25)23-13-17(18(14-23)15-24)12-22(2)10-11-26-3/h4-7,17-18,24H,8-15H2,1-3H3/t17-,18-/m1/s1. The summed E-state index contributed by atoms with van der Waals surface area (Å²) in [4.78, 5) is 17.5. The normalized spacial score (nSPS) is 24.3. The molecule has 1 aliphatic carbocycles. The van der Waals surface area contributed by atoms with E-state index in [1.165, 1.54) is 5.56 Å². The zero-order valence-corrected chi connectivity index (χ0v) is 16.3. The number of aliphatic hydroxyl groups excluding tert-OH is 1. The van der Waals surface area contributed by atoms with Gasteiger partial charge in [-0.1, -0.05) is 29.8 Å². The largest absolute Gasteiger partial charge is 0.396 e. The molecule has 0 bridgehead atoms. The molecule has 1 amide bonds. The van der Waals surface area contributed by atoms with Crippen molar-refractivity contribution in [3.63, 3.8) is 0 Å². The number of aryl methyl sites for hydroxylation is 1. The van der Waals surface area contributed by atoms with Gasteiger partial charge < -0.3 is 19.6 Å². The third kappa shape index (κ3) is 3.95. The Balaban J connectivity index is 1.66. The van der Waals surface area contributed by atoms with Crippen LogP contribution in [0, 0.1) is 18.8 Å². The van der Waals surface area contributed by atoms with Crippen LogP contribution in [0.15, 0.2) is 24.3 Å². The summed E-state index contributed by atoms with van der Waals surface area (Å²) in [6, 6.07) is 8.40. The number of ether oxygens (including phenoxy) is 1. The fourth-order valence-corrected chi connectivity index (χ4v) is 4.18. The van der Waals surface area contributed by atoms with E-state index in [1.54, 1.807) is 7.11 Å². The van der Waals surface area contributed by atoms with Gasteiger partial charge in [-0.15, -0.1) is 0 Å². The summed E-state index contributed by atoms with van der Waals surface area (Å²) in [7, 11) is 3.78. The van der Waals surface area contributed by atoms with Gasteiger partial charge in [-0.2, -0.15) is 0 Å². The summed E-state index contributed by atoms with van der Waals surface area (Å²) in [6.45, 7) is 6.08. The van der Waals surface area contributed by atoms with Gasteiger partial charge in [0.1, 0.15) is 0 Å². The molecule has 1 aromatic rings. The highest BCUT2D eigenvalue weighted by Crippen LogP contribution is 2.50. The van der Waals surface area contributed by atoms with Crippen LogP contribution in [0.25, 0.3) is 0 Å². The molecule has 1 heterocycles. The summed E-state index contributed by atoms with van der Waals surface area (Å²) in [5.74, 6) is 0.735. The average Bonchev–Trinajstić information content (AvgIpc) is 3.35. The molecule has 2 atom stereocenters. The predicted octanol–water partition coefficient (Wildman–Crippen LogP) is 1.67. The maximum atomic E-state index is 13.3. The van der Waals surface area contributed by atoms with Gasteiger partial charge in [-0.05, 0) is 38.3 Å².